The van der Waals surface area contributed by atoms with Gasteiger partial charge < -0.3 is 50.5 Å². The fourth-order valence-electron chi connectivity index (χ4n) is 8.71. The van der Waals surface area contributed by atoms with Crippen LogP contribution in [0.3, 0.4) is 0 Å². The summed E-state index contributed by atoms with van der Waals surface area (Å²) in [5.74, 6) is -0.937. The lowest BCUT2D eigenvalue weighted by Crippen LogP contribution is -2.50. The van der Waals surface area contributed by atoms with Gasteiger partial charge in [0.2, 0.25) is 0 Å². The molecule has 3 aliphatic rings. The first-order valence-corrected chi connectivity index (χ1v) is 25.6. The number of alkyl carbamates (subject to hydrolysis) is 2. The molecule has 6 atom stereocenters. The summed E-state index contributed by atoms with van der Waals surface area (Å²) in [5.41, 5.74) is 10.8. The van der Waals surface area contributed by atoms with Crippen molar-refractivity contribution in [2.75, 3.05) is 26.4 Å². The first-order valence-electron chi connectivity index (χ1n) is 25.6. The largest absolute Gasteiger partial charge is 0.493 e. The number of hydrogen-bond acceptors (Lipinski definition) is 10. The maximum Gasteiger partial charge on any atom is 0.407 e. The van der Waals surface area contributed by atoms with Gasteiger partial charge in [-0.05, 0) is 137 Å². The number of hydrogen-bond donors (Lipinski definition) is 5. The number of benzene rings is 4. The van der Waals surface area contributed by atoms with Crippen molar-refractivity contribution in [3.63, 3.8) is 0 Å². The van der Waals surface area contributed by atoms with Crippen LogP contribution in [-0.2, 0) is 39.9 Å². The summed E-state index contributed by atoms with van der Waals surface area (Å²) in [6.45, 7) is 25.8. The molecule has 3 unspecified atom stereocenters. The summed E-state index contributed by atoms with van der Waals surface area (Å²) < 4.78 is 81.1. The molecule has 408 valence electrons. The van der Waals surface area contributed by atoms with E-state index in [1.807, 2.05) is 6.07 Å². The molecule has 4 aromatic carbocycles. The summed E-state index contributed by atoms with van der Waals surface area (Å²) in [6, 6.07) is 18.0. The average Bonchev–Trinajstić information content (AvgIpc) is 4.09. The maximum atomic E-state index is 13.8. The summed E-state index contributed by atoms with van der Waals surface area (Å²) in [6.07, 6.45) is 1.46. The Hall–Kier alpha value is -5.42. The molecule has 0 saturated carbocycles. The van der Waals surface area contributed by atoms with Crippen molar-refractivity contribution < 1.29 is 55.9 Å². The summed E-state index contributed by atoms with van der Waals surface area (Å²) >= 11 is 0. The van der Waals surface area contributed by atoms with E-state index in [0.717, 1.165) is 61.5 Å². The van der Waals surface area contributed by atoms with Crippen molar-refractivity contribution in [2.45, 2.75) is 169 Å². The lowest BCUT2D eigenvalue weighted by Gasteiger charge is -2.31. The Labute approximate surface area is 435 Å². The number of fused-ring (bicyclic) bond motifs is 2. The molecule has 1 saturated heterocycles. The SMILES string of the molecule is CC(C)(C)Cc1ccc2c(c1)[C@@H](N)CCO2.CC(C)(C)Cc1ccc2c(c1)[C@@H](NC[C@@H](O)C(Cc1cc(F)cc(F)c1)NC(=O)OC(C)(C)C)CCO2.CC(C)(C)OC(=O)NC(Cc1cc(F)cc(F)c1)C1CO1. The standard InChI is InChI=1S/C29H40F2N2O4.C15H19F2NO3.C14H21NO/c1-28(2,3)16-18-7-8-26-22(13-18)23(9-10-36-26)32-17-25(34)24(33-27(35)37-29(4,5)6)14-19-11-20(30)15-21(31)12-19;1-15(2,3)21-14(19)18-12(13-8-20-13)6-9-4-10(16)7-11(17)5-9;1-14(2,3)9-10-4-5-13-11(8-10)12(15)6-7-16-13/h7-8,11-13,15,23-25,32,34H,9-10,14,16-17H2,1-6H3,(H,33,35);4-5,7,12-13H,6,8H2,1-3H3,(H,18,19);4-5,8,12H,6-7,9,15H2,1-3H3/t23-,24?,25+;;12-/m0.0/s1. The predicted octanol–water partition coefficient (Wildman–Crippen LogP) is 11.3. The maximum absolute atomic E-state index is 13.8. The zero-order chi connectivity index (χ0) is 54.8. The summed E-state index contributed by atoms with van der Waals surface area (Å²) in [5, 5.41) is 19.9. The van der Waals surface area contributed by atoms with Gasteiger partial charge in [-0.15, -0.1) is 0 Å². The second-order valence-electron chi connectivity index (χ2n) is 24.0. The Morgan fingerprint density at radius 3 is 1.55 bits per heavy atom. The van der Waals surface area contributed by atoms with E-state index in [-0.39, 0.29) is 49.0 Å². The van der Waals surface area contributed by atoms with Gasteiger partial charge in [0.25, 0.3) is 0 Å². The van der Waals surface area contributed by atoms with Crippen LogP contribution in [0.1, 0.15) is 141 Å². The van der Waals surface area contributed by atoms with E-state index in [0.29, 0.717) is 29.8 Å². The first-order chi connectivity index (χ1) is 34.4. The van der Waals surface area contributed by atoms with Gasteiger partial charge in [-0.3, -0.25) is 0 Å². The highest BCUT2D eigenvalue weighted by molar-refractivity contribution is 5.68. The van der Waals surface area contributed by atoms with Gasteiger partial charge in [0.1, 0.15) is 52.1 Å². The van der Waals surface area contributed by atoms with Crippen molar-refractivity contribution in [1.29, 1.82) is 0 Å². The fraction of sp³-hybridized carbons (Fsp3) is 0.552. The molecule has 1 fully saturated rings. The number of amides is 2. The molecule has 2 amide bonds. The van der Waals surface area contributed by atoms with Crippen LogP contribution in [0.2, 0.25) is 0 Å². The molecule has 0 radical (unpaired) electrons. The molecule has 6 N–H and O–H groups in total. The van der Waals surface area contributed by atoms with Gasteiger partial charge in [0, 0.05) is 54.7 Å². The molecule has 0 spiro atoms. The molecular formula is C58H80F4N4O8. The normalized spacial score (nSPS) is 18.4. The van der Waals surface area contributed by atoms with Crippen LogP contribution in [0.15, 0.2) is 72.8 Å². The van der Waals surface area contributed by atoms with Crippen molar-refractivity contribution in [3.05, 3.63) is 129 Å². The van der Waals surface area contributed by atoms with Crippen LogP contribution in [0.4, 0.5) is 27.2 Å². The number of nitrogens with two attached hydrogens (primary N) is 1. The monoisotopic (exact) mass is 1040 g/mol. The van der Waals surface area contributed by atoms with Crippen LogP contribution in [0.5, 0.6) is 11.5 Å². The molecule has 3 aliphatic heterocycles. The van der Waals surface area contributed by atoms with E-state index in [1.54, 1.807) is 41.5 Å². The third-order valence-electron chi connectivity index (χ3n) is 11.7. The minimum absolute atomic E-state index is 0.0247. The Bertz CT molecular complexity index is 2450. The van der Waals surface area contributed by atoms with Crippen molar-refractivity contribution in [3.8, 4) is 11.5 Å². The molecule has 7 rings (SSSR count). The smallest absolute Gasteiger partial charge is 0.407 e. The highest BCUT2D eigenvalue weighted by Gasteiger charge is 2.35. The molecule has 0 bridgehead atoms. The van der Waals surface area contributed by atoms with E-state index in [4.69, 9.17) is 29.4 Å². The minimum Gasteiger partial charge on any atom is -0.493 e. The van der Waals surface area contributed by atoms with Crippen molar-refractivity contribution >= 4 is 12.2 Å². The van der Waals surface area contributed by atoms with E-state index in [2.05, 4.69) is 87.8 Å². The molecule has 74 heavy (non-hydrogen) atoms. The third kappa shape index (κ3) is 21.1. The minimum atomic E-state index is -1.05. The average molecular weight is 1040 g/mol. The molecular weight excluding hydrogens is 957 g/mol. The van der Waals surface area contributed by atoms with Crippen LogP contribution >= 0.6 is 0 Å². The Morgan fingerprint density at radius 1 is 0.635 bits per heavy atom. The van der Waals surface area contributed by atoms with Gasteiger partial charge in [-0.1, -0.05) is 65.8 Å². The van der Waals surface area contributed by atoms with Gasteiger partial charge in [0.05, 0.1) is 38.0 Å². The van der Waals surface area contributed by atoms with Gasteiger partial charge >= 0.3 is 12.2 Å². The van der Waals surface area contributed by atoms with E-state index < -0.39 is 58.8 Å². The number of halogens is 4. The van der Waals surface area contributed by atoms with E-state index in [9.17, 15) is 32.3 Å². The highest BCUT2D eigenvalue weighted by Crippen LogP contribution is 2.35. The molecule has 0 aromatic heterocycles. The lowest BCUT2D eigenvalue weighted by molar-refractivity contribution is 0.0417. The quantitative estimate of drug-likeness (QED) is 0.0643. The Balaban J connectivity index is 0.000000229. The molecule has 12 nitrogen and oxygen atoms in total. The topological polar surface area (TPSA) is 166 Å². The Kier molecular flexibility index (Phi) is 20.4. The number of aliphatic hydroxyl groups excluding tert-OH is 1. The number of carbonyl (C=O) groups is 2. The summed E-state index contributed by atoms with van der Waals surface area (Å²) in [4.78, 5) is 24.3. The fourth-order valence-corrected chi connectivity index (χ4v) is 8.71. The summed E-state index contributed by atoms with van der Waals surface area (Å²) in [7, 11) is 0. The van der Waals surface area contributed by atoms with Crippen molar-refractivity contribution in [2.24, 2.45) is 16.6 Å². The number of epoxide rings is 1. The lowest BCUT2D eigenvalue weighted by atomic mass is 9.86. The van der Waals surface area contributed by atoms with Crippen LogP contribution in [0, 0.1) is 34.1 Å². The van der Waals surface area contributed by atoms with Crippen LogP contribution < -0.4 is 31.2 Å². The molecule has 16 heteroatoms. The number of carbonyl (C=O) groups excluding carboxylic acids is 2. The molecule has 3 heterocycles. The van der Waals surface area contributed by atoms with Gasteiger partial charge in [-0.25, -0.2) is 27.2 Å². The number of nitrogens with one attached hydrogen (secondary N) is 3. The highest BCUT2D eigenvalue weighted by atomic mass is 19.1. The van der Waals surface area contributed by atoms with E-state index in [1.165, 1.54) is 41.0 Å². The molecule has 4 aromatic rings. The van der Waals surface area contributed by atoms with Crippen molar-refractivity contribution in [1.82, 2.24) is 16.0 Å². The zero-order valence-corrected chi connectivity index (χ0v) is 45.4. The second kappa shape index (κ2) is 25.4. The Morgan fingerprint density at radius 2 is 1.08 bits per heavy atom. The number of ether oxygens (including phenoxy) is 5. The first kappa shape index (κ1) is 59.5. The predicted molar refractivity (Wildman–Crippen MR) is 279 cm³/mol. The second-order valence-corrected chi connectivity index (χ2v) is 24.0. The van der Waals surface area contributed by atoms with Gasteiger partial charge in [0.15, 0.2) is 0 Å². The van der Waals surface area contributed by atoms with Crippen LogP contribution in [-0.4, -0.2) is 79.2 Å². The molecule has 0 aliphatic carbocycles. The number of aliphatic hydroxyl groups is 1. The third-order valence-corrected chi connectivity index (χ3v) is 11.7. The van der Waals surface area contributed by atoms with Crippen LogP contribution in [0.25, 0.3) is 0 Å². The van der Waals surface area contributed by atoms with Gasteiger partial charge in [-0.2, -0.15) is 0 Å². The number of rotatable bonds is 13. The zero-order valence-electron chi connectivity index (χ0n) is 45.4. The van der Waals surface area contributed by atoms with E-state index >= 15 is 0 Å².